The van der Waals surface area contributed by atoms with Crippen LogP contribution in [0.15, 0.2) is 0 Å². The van der Waals surface area contributed by atoms with Crippen molar-refractivity contribution in [2.75, 3.05) is 6.61 Å². The van der Waals surface area contributed by atoms with Crippen LogP contribution in [0.2, 0.25) is 0 Å². The number of rotatable bonds is 3. The molecule has 1 unspecified atom stereocenters. The number of hydrogen-bond acceptors (Lipinski definition) is 2. The Morgan fingerprint density at radius 1 is 1.55 bits per heavy atom. The van der Waals surface area contributed by atoms with Crippen LogP contribution in [0, 0.1) is 0 Å². The maximum absolute atomic E-state index is 8.63. The molecule has 0 aromatic heterocycles. The van der Waals surface area contributed by atoms with E-state index in [4.69, 9.17) is 5.11 Å². The third-order valence-corrected chi connectivity index (χ3v) is 2.42. The number of aliphatic hydroxyl groups excluding tert-OH is 1. The molecule has 1 atom stereocenters. The van der Waals surface area contributed by atoms with Crippen molar-refractivity contribution in [1.29, 1.82) is 0 Å². The van der Waals surface area contributed by atoms with E-state index in [1.54, 1.807) is 0 Å². The van der Waals surface area contributed by atoms with Crippen LogP contribution in [-0.4, -0.2) is 23.3 Å². The van der Waals surface area contributed by atoms with Gasteiger partial charge in [0.2, 0.25) is 0 Å². The van der Waals surface area contributed by atoms with Crippen LogP contribution in [0.5, 0.6) is 0 Å². The predicted octanol–water partition coefficient (Wildman–Crippen LogP) is 1.29. The molecule has 0 spiro atoms. The lowest BCUT2D eigenvalue weighted by molar-refractivity contribution is 0.274. The molecule has 2 N–H and O–H groups in total. The Balaban J connectivity index is 2.20. The molecule has 66 valence electrons. The van der Waals surface area contributed by atoms with Gasteiger partial charge in [0.25, 0.3) is 0 Å². The normalized spacial score (nSPS) is 29.2. The van der Waals surface area contributed by atoms with Crippen molar-refractivity contribution in [3.63, 3.8) is 0 Å². The highest BCUT2D eigenvalue weighted by Gasteiger charge is 2.28. The summed E-state index contributed by atoms with van der Waals surface area (Å²) >= 11 is 0. The van der Waals surface area contributed by atoms with Crippen molar-refractivity contribution >= 4 is 0 Å². The zero-order valence-corrected chi connectivity index (χ0v) is 7.56. The zero-order valence-electron chi connectivity index (χ0n) is 7.56. The standard InChI is InChI=1S/C9H19NO/c1-9(2)6-5-8(10-9)4-3-7-11/h8,10-11H,3-7H2,1-2H3. The summed E-state index contributed by atoms with van der Waals surface area (Å²) in [6.45, 7) is 4.82. The molecule has 0 bridgehead atoms. The summed E-state index contributed by atoms with van der Waals surface area (Å²) in [5.41, 5.74) is 0.333. The summed E-state index contributed by atoms with van der Waals surface area (Å²) in [5, 5.41) is 12.2. The van der Waals surface area contributed by atoms with Crippen LogP contribution in [0.4, 0.5) is 0 Å². The third-order valence-electron chi connectivity index (χ3n) is 2.42. The molecule has 1 fully saturated rings. The minimum atomic E-state index is 0.332. The highest BCUT2D eigenvalue weighted by atomic mass is 16.2. The summed E-state index contributed by atoms with van der Waals surface area (Å²) in [4.78, 5) is 0. The number of hydrogen-bond donors (Lipinski definition) is 2. The molecular weight excluding hydrogens is 138 g/mol. The van der Waals surface area contributed by atoms with Gasteiger partial charge in [-0.3, -0.25) is 0 Å². The molecule has 0 saturated carbocycles. The second-order valence-electron chi connectivity index (χ2n) is 4.13. The maximum atomic E-state index is 8.63. The monoisotopic (exact) mass is 157 g/mol. The lowest BCUT2D eigenvalue weighted by atomic mass is 10.0. The molecule has 11 heavy (non-hydrogen) atoms. The molecule has 1 aliphatic rings. The van der Waals surface area contributed by atoms with Crippen LogP contribution in [0.3, 0.4) is 0 Å². The molecule has 2 heteroatoms. The first-order valence-electron chi connectivity index (χ1n) is 4.52. The van der Waals surface area contributed by atoms with E-state index in [9.17, 15) is 0 Å². The summed E-state index contributed by atoms with van der Waals surface area (Å²) in [7, 11) is 0. The van der Waals surface area contributed by atoms with Crippen molar-refractivity contribution < 1.29 is 5.11 Å². The van der Waals surface area contributed by atoms with E-state index < -0.39 is 0 Å². The Bertz CT molecular complexity index is 123. The fraction of sp³-hybridized carbons (Fsp3) is 1.00. The van der Waals surface area contributed by atoms with Crippen molar-refractivity contribution in [2.24, 2.45) is 0 Å². The summed E-state index contributed by atoms with van der Waals surface area (Å²) < 4.78 is 0. The molecule has 1 heterocycles. The van der Waals surface area contributed by atoms with Gasteiger partial charge in [-0.15, -0.1) is 0 Å². The fourth-order valence-corrected chi connectivity index (χ4v) is 1.79. The zero-order chi connectivity index (χ0) is 8.32. The lowest BCUT2D eigenvalue weighted by Gasteiger charge is -2.19. The van der Waals surface area contributed by atoms with Crippen molar-refractivity contribution in [3.05, 3.63) is 0 Å². The smallest absolute Gasteiger partial charge is 0.0431 e. The van der Waals surface area contributed by atoms with E-state index in [-0.39, 0.29) is 0 Å². The molecule has 1 rings (SSSR count). The quantitative estimate of drug-likeness (QED) is 0.647. The van der Waals surface area contributed by atoms with Gasteiger partial charge in [0.05, 0.1) is 0 Å². The predicted molar refractivity (Wildman–Crippen MR) is 46.6 cm³/mol. The average Bonchev–Trinajstić information content (AvgIpc) is 2.26. The molecule has 0 aromatic rings. The van der Waals surface area contributed by atoms with E-state index >= 15 is 0 Å². The summed E-state index contributed by atoms with van der Waals surface area (Å²) in [6, 6.07) is 0.650. The summed E-state index contributed by atoms with van der Waals surface area (Å²) in [6.07, 6.45) is 4.60. The Morgan fingerprint density at radius 2 is 2.27 bits per heavy atom. The van der Waals surface area contributed by atoms with Gasteiger partial charge in [0.15, 0.2) is 0 Å². The SMILES string of the molecule is CC1(C)CCC(CCCO)N1. The number of nitrogens with one attached hydrogen (secondary N) is 1. The maximum Gasteiger partial charge on any atom is 0.0431 e. The molecule has 0 aromatic carbocycles. The van der Waals surface area contributed by atoms with Gasteiger partial charge in [-0.1, -0.05) is 0 Å². The molecule has 2 nitrogen and oxygen atoms in total. The van der Waals surface area contributed by atoms with E-state index in [1.165, 1.54) is 12.8 Å². The van der Waals surface area contributed by atoms with Crippen molar-refractivity contribution in [3.8, 4) is 0 Å². The molecule has 0 amide bonds. The first kappa shape index (κ1) is 9.01. The molecule has 0 aliphatic carbocycles. The second kappa shape index (κ2) is 3.55. The molecule has 1 saturated heterocycles. The van der Waals surface area contributed by atoms with Gasteiger partial charge in [0, 0.05) is 18.2 Å². The Kier molecular flexibility index (Phi) is 2.90. The van der Waals surface area contributed by atoms with E-state index in [0.29, 0.717) is 18.2 Å². The molecular formula is C9H19NO. The van der Waals surface area contributed by atoms with Crippen LogP contribution < -0.4 is 5.32 Å². The minimum absolute atomic E-state index is 0.332. The Morgan fingerprint density at radius 3 is 2.73 bits per heavy atom. The van der Waals surface area contributed by atoms with Crippen LogP contribution in [-0.2, 0) is 0 Å². The lowest BCUT2D eigenvalue weighted by Crippen LogP contribution is -2.37. The number of aliphatic hydroxyl groups is 1. The van der Waals surface area contributed by atoms with Gasteiger partial charge in [-0.25, -0.2) is 0 Å². The van der Waals surface area contributed by atoms with Gasteiger partial charge in [-0.2, -0.15) is 0 Å². The van der Waals surface area contributed by atoms with Gasteiger partial charge in [0.1, 0.15) is 0 Å². The average molecular weight is 157 g/mol. The van der Waals surface area contributed by atoms with E-state index in [0.717, 1.165) is 12.8 Å². The van der Waals surface area contributed by atoms with Gasteiger partial charge < -0.3 is 10.4 Å². The second-order valence-corrected chi connectivity index (χ2v) is 4.13. The van der Waals surface area contributed by atoms with Crippen molar-refractivity contribution in [2.45, 2.75) is 51.1 Å². The highest BCUT2D eigenvalue weighted by molar-refractivity contribution is 4.90. The minimum Gasteiger partial charge on any atom is -0.396 e. The van der Waals surface area contributed by atoms with Gasteiger partial charge >= 0.3 is 0 Å². The Labute approximate surface area is 69.0 Å². The topological polar surface area (TPSA) is 32.3 Å². The summed E-state index contributed by atoms with van der Waals surface area (Å²) in [5.74, 6) is 0. The van der Waals surface area contributed by atoms with Gasteiger partial charge in [-0.05, 0) is 39.5 Å². The van der Waals surface area contributed by atoms with Crippen LogP contribution >= 0.6 is 0 Å². The molecule has 0 radical (unpaired) electrons. The van der Waals surface area contributed by atoms with Crippen molar-refractivity contribution in [1.82, 2.24) is 5.32 Å². The highest BCUT2D eigenvalue weighted by Crippen LogP contribution is 2.24. The van der Waals surface area contributed by atoms with Crippen LogP contribution in [0.25, 0.3) is 0 Å². The fourth-order valence-electron chi connectivity index (χ4n) is 1.79. The third kappa shape index (κ3) is 2.80. The van der Waals surface area contributed by atoms with E-state index in [2.05, 4.69) is 19.2 Å². The molecule has 1 aliphatic heterocycles. The first-order chi connectivity index (χ1) is 5.14. The largest absolute Gasteiger partial charge is 0.396 e. The first-order valence-corrected chi connectivity index (χ1v) is 4.52. The van der Waals surface area contributed by atoms with E-state index in [1.807, 2.05) is 0 Å². The van der Waals surface area contributed by atoms with Crippen LogP contribution in [0.1, 0.15) is 39.5 Å². The Hall–Kier alpha value is -0.0800.